The Morgan fingerprint density at radius 1 is 1.35 bits per heavy atom. The lowest BCUT2D eigenvalue weighted by Crippen LogP contribution is -2.29. The molecule has 0 unspecified atom stereocenters. The number of carboxylic acid groups (broad SMARTS) is 1. The summed E-state index contributed by atoms with van der Waals surface area (Å²) in [5.74, 6) is -0.890. The number of benzene rings is 1. The molecule has 1 fully saturated rings. The van der Waals surface area contributed by atoms with Crippen LogP contribution in [-0.2, 0) is 16.1 Å². The second-order valence-electron chi connectivity index (χ2n) is 5.09. The lowest BCUT2D eigenvalue weighted by molar-refractivity contribution is -0.132. The number of aromatic carboxylic acids is 1. The molecule has 1 N–H and O–H groups in total. The van der Waals surface area contributed by atoms with E-state index in [0.29, 0.717) is 13.0 Å². The lowest BCUT2D eigenvalue weighted by Gasteiger charge is -2.19. The predicted molar refractivity (Wildman–Crippen MR) is 73.5 cm³/mol. The zero-order chi connectivity index (χ0) is 14.5. The van der Waals surface area contributed by atoms with Gasteiger partial charge in [-0.05, 0) is 30.5 Å². The first-order valence-corrected chi connectivity index (χ1v) is 6.74. The largest absolute Gasteiger partial charge is 0.478 e. The maximum Gasteiger partial charge on any atom is 0.335 e. The number of ether oxygens (including phenoxy) is 1. The molecule has 0 radical (unpaired) electrons. The summed E-state index contributed by atoms with van der Waals surface area (Å²) < 4.78 is 5.45. The highest BCUT2D eigenvalue weighted by atomic mass is 16.5. The monoisotopic (exact) mass is 277 g/mol. The summed E-state index contributed by atoms with van der Waals surface area (Å²) in [6.07, 6.45) is 2.45. The van der Waals surface area contributed by atoms with Crippen LogP contribution < -0.4 is 0 Å². The smallest absolute Gasteiger partial charge is 0.335 e. The SMILES string of the molecule is CN(Cc1ccc(C(=O)O)cc1)C(=O)C[C@H]1CCCO1. The lowest BCUT2D eigenvalue weighted by atomic mass is 10.1. The number of carboxylic acids is 1. The van der Waals surface area contributed by atoms with E-state index in [1.54, 1.807) is 36.2 Å². The van der Waals surface area contributed by atoms with E-state index < -0.39 is 5.97 Å². The first-order valence-electron chi connectivity index (χ1n) is 6.74. The van der Waals surface area contributed by atoms with E-state index in [4.69, 9.17) is 9.84 Å². The average molecular weight is 277 g/mol. The van der Waals surface area contributed by atoms with Crippen LogP contribution in [-0.4, -0.2) is 41.6 Å². The summed E-state index contributed by atoms with van der Waals surface area (Å²) in [4.78, 5) is 24.4. The Morgan fingerprint density at radius 3 is 2.60 bits per heavy atom. The molecule has 1 atom stereocenters. The van der Waals surface area contributed by atoms with E-state index in [9.17, 15) is 9.59 Å². The Labute approximate surface area is 118 Å². The van der Waals surface area contributed by atoms with Gasteiger partial charge in [-0.2, -0.15) is 0 Å². The summed E-state index contributed by atoms with van der Waals surface area (Å²) in [5.41, 5.74) is 1.17. The van der Waals surface area contributed by atoms with Gasteiger partial charge in [0.2, 0.25) is 5.91 Å². The quantitative estimate of drug-likeness (QED) is 0.892. The van der Waals surface area contributed by atoms with Crippen LogP contribution in [0.2, 0.25) is 0 Å². The summed E-state index contributed by atoms with van der Waals surface area (Å²) in [6.45, 7) is 1.23. The highest BCUT2D eigenvalue weighted by Crippen LogP contribution is 2.17. The fourth-order valence-corrected chi connectivity index (χ4v) is 2.27. The maximum absolute atomic E-state index is 12.0. The van der Waals surface area contributed by atoms with Gasteiger partial charge >= 0.3 is 5.97 Å². The zero-order valence-electron chi connectivity index (χ0n) is 11.5. The first-order chi connectivity index (χ1) is 9.56. The third-order valence-electron chi connectivity index (χ3n) is 3.47. The van der Waals surface area contributed by atoms with Crippen molar-refractivity contribution in [2.45, 2.75) is 31.9 Å². The van der Waals surface area contributed by atoms with Crippen molar-refractivity contribution in [2.24, 2.45) is 0 Å². The van der Waals surface area contributed by atoms with Crippen LogP contribution in [0.15, 0.2) is 24.3 Å². The van der Waals surface area contributed by atoms with Crippen LogP contribution in [0, 0.1) is 0 Å². The van der Waals surface area contributed by atoms with Gasteiger partial charge in [0.25, 0.3) is 0 Å². The van der Waals surface area contributed by atoms with Crippen LogP contribution >= 0.6 is 0 Å². The van der Waals surface area contributed by atoms with Gasteiger partial charge < -0.3 is 14.7 Å². The van der Waals surface area contributed by atoms with E-state index in [2.05, 4.69) is 0 Å². The molecule has 2 rings (SSSR count). The third kappa shape index (κ3) is 3.81. The number of carbonyl (C=O) groups excluding carboxylic acids is 1. The molecule has 1 heterocycles. The van der Waals surface area contributed by atoms with E-state index in [1.807, 2.05) is 0 Å². The first kappa shape index (κ1) is 14.5. The molecule has 0 saturated carbocycles. The molecule has 0 bridgehead atoms. The molecule has 1 aromatic carbocycles. The molecule has 0 aliphatic carbocycles. The predicted octanol–water partition coefficient (Wildman–Crippen LogP) is 1.91. The molecule has 0 spiro atoms. The second-order valence-corrected chi connectivity index (χ2v) is 5.09. The Bertz CT molecular complexity index is 477. The van der Waals surface area contributed by atoms with Gasteiger partial charge in [0.05, 0.1) is 18.1 Å². The van der Waals surface area contributed by atoms with Gasteiger partial charge in [-0.1, -0.05) is 12.1 Å². The number of carbonyl (C=O) groups is 2. The number of hydrogen-bond acceptors (Lipinski definition) is 3. The van der Waals surface area contributed by atoms with Crippen molar-refractivity contribution in [1.29, 1.82) is 0 Å². The highest BCUT2D eigenvalue weighted by molar-refractivity contribution is 5.87. The Hall–Kier alpha value is -1.88. The van der Waals surface area contributed by atoms with E-state index >= 15 is 0 Å². The van der Waals surface area contributed by atoms with Gasteiger partial charge in [0.15, 0.2) is 0 Å². The average Bonchev–Trinajstić information content (AvgIpc) is 2.92. The number of amides is 1. The standard InChI is InChI=1S/C15H19NO4/c1-16(14(17)9-13-3-2-8-20-13)10-11-4-6-12(7-5-11)15(18)19/h4-7,13H,2-3,8-10H2,1H3,(H,18,19)/t13-/m1/s1. The minimum Gasteiger partial charge on any atom is -0.478 e. The molecule has 0 aromatic heterocycles. The molecule has 5 heteroatoms. The molecule has 1 saturated heterocycles. The van der Waals surface area contributed by atoms with Gasteiger partial charge in [-0.25, -0.2) is 4.79 Å². The van der Waals surface area contributed by atoms with Crippen molar-refractivity contribution in [1.82, 2.24) is 4.90 Å². The Balaban J connectivity index is 1.87. The maximum atomic E-state index is 12.0. The minimum atomic E-state index is -0.945. The van der Waals surface area contributed by atoms with Crippen molar-refractivity contribution >= 4 is 11.9 Å². The summed E-state index contributed by atoms with van der Waals surface area (Å²) in [5, 5.41) is 8.83. The van der Waals surface area contributed by atoms with Gasteiger partial charge in [-0.15, -0.1) is 0 Å². The summed E-state index contributed by atoms with van der Waals surface area (Å²) in [6, 6.07) is 6.57. The van der Waals surface area contributed by atoms with Crippen molar-refractivity contribution in [3.63, 3.8) is 0 Å². The molecule has 108 valence electrons. The molecular weight excluding hydrogens is 258 g/mol. The molecule has 20 heavy (non-hydrogen) atoms. The van der Waals surface area contributed by atoms with Gasteiger partial charge in [0, 0.05) is 20.2 Å². The normalized spacial score (nSPS) is 17.9. The topological polar surface area (TPSA) is 66.8 Å². The van der Waals surface area contributed by atoms with Crippen molar-refractivity contribution < 1.29 is 19.4 Å². The minimum absolute atomic E-state index is 0.0548. The van der Waals surface area contributed by atoms with Crippen LogP contribution in [0.5, 0.6) is 0 Å². The van der Waals surface area contributed by atoms with Crippen LogP contribution in [0.3, 0.4) is 0 Å². The van der Waals surface area contributed by atoms with Crippen LogP contribution in [0.25, 0.3) is 0 Å². The molecule has 1 aliphatic heterocycles. The Kier molecular flexibility index (Phi) is 4.74. The van der Waals surface area contributed by atoms with Gasteiger partial charge in [0.1, 0.15) is 0 Å². The zero-order valence-corrected chi connectivity index (χ0v) is 11.5. The highest BCUT2D eigenvalue weighted by Gasteiger charge is 2.21. The van der Waals surface area contributed by atoms with Crippen molar-refractivity contribution in [2.75, 3.05) is 13.7 Å². The molecule has 1 aliphatic rings. The number of nitrogens with zero attached hydrogens (tertiary/aromatic N) is 1. The summed E-state index contributed by atoms with van der Waals surface area (Å²) >= 11 is 0. The van der Waals surface area contributed by atoms with E-state index in [1.165, 1.54) is 0 Å². The number of rotatable bonds is 5. The fourth-order valence-electron chi connectivity index (χ4n) is 2.27. The molecule has 1 aromatic rings. The fraction of sp³-hybridized carbons (Fsp3) is 0.467. The number of hydrogen-bond donors (Lipinski definition) is 1. The third-order valence-corrected chi connectivity index (χ3v) is 3.47. The van der Waals surface area contributed by atoms with E-state index in [-0.39, 0.29) is 17.6 Å². The van der Waals surface area contributed by atoms with Crippen molar-refractivity contribution in [3.05, 3.63) is 35.4 Å². The van der Waals surface area contributed by atoms with Crippen LogP contribution in [0.4, 0.5) is 0 Å². The van der Waals surface area contributed by atoms with E-state index in [0.717, 1.165) is 25.0 Å². The second kappa shape index (κ2) is 6.52. The van der Waals surface area contributed by atoms with Crippen LogP contribution in [0.1, 0.15) is 35.2 Å². The Morgan fingerprint density at radius 2 is 2.05 bits per heavy atom. The van der Waals surface area contributed by atoms with Gasteiger partial charge in [-0.3, -0.25) is 4.79 Å². The molecule has 5 nitrogen and oxygen atoms in total. The molecular formula is C15H19NO4. The molecule has 1 amide bonds. The van der Waals surface area contributed by atoms with Crippen molar-refractivity contribution in [3.8, 4) is 0 Å². The summed E-state index contributed by atoms with van der Waals surface area (Å²) in [7, 11) is 1.75.